The smallest absolute Gasteiger partial charge is 0.327 e. The van der Waals surface area contributed by atoms with Crippen molar-refractivity contribution in [2.45, 2.75) is 0 Å². The second-order valence-corrected chi connectivity index (χ2v) is 7.58. The molecular formula is C26H24N4O7. The van der Waals surface area contributed by atoms with Crippen LogP contribution in [0.4, 0.5) is 21.0 Å². The molecule has 4 amide bonds. The molecule has 4 aromatic rings. The summed E-state index contributed by atoms with van der Waals surface area (Å²) >= 11 is 0. The maximum absolute atomic E-state index is 12.2. The number of phenols is 1. The zero-order valence-corrected chi connectivity index (χ0v) is 20.2. The molecule has 190 valence electrons. The Bertz CT molecular complexity index is 1460. The van der Waals surface area contributed by atoms with Gasteiger partial charge in [0.15, 0.2) is 11.5 Å². The lowest BCUT2D eigenvalue weighted by atomic mass is 10.2. The van der Waals surface area contributed by atoms with E-state index < -0.39 is 12.1 Å². The first-order chi connectivity index (χ1) is 17.9. The highest BCUT2D eigenvalue weighted by Gasteiger charge is 2.14. The summed E-state index contributed by atoms with van der Waals surface area (Å²) in [6.45, 7) is 0. The van der Waals surface area contributed by atoms with E-state index >= 15 is 0 Å². The number of amides is 4. The molecule has 0 unspecified atom stereocenters. The fourth-order valence-corrected chi connectivity index (χ4v) is 3.46. The van der Waals surface area contributed by atoms with Crippen molar-refractivity contribution in [3.8, 4) is 34.5 Å². The number of imide groups is 1. The van der Waals surface area contributed by atoms with Crippen molar-refractivity contribution in [3.63, 3.8) is 0 Å². The summed E-state index contributed by atoms with van der Waals surface area (Å²) in [5.74, 6) is 2.10. The quantitative estimate of drug-likeness (QED) is 0.255. The number of pyridine rings is 1. The molecule has 0 aliphatic rings. The van der Waals surface area contributed by atoms with Gasteiger partial charge in [0.25, 0.3) is 0 Å². The van der Waals surface area contributed by atoms with Crippen LogP contribution in [0.2, 0.25) is 0 Å². The number of phenolic OH excluding ortho intramolecular Hbond substituents is 1. The summed E-state index contributed by atoms with van der Waals surface area (Å²) in [5.41, 5.74) is 1.14. The number of rotatable bonds is 7. The third-order valence-corrected chi connectivity index (χ3v) is 5.21. The second-order valence-electron chi connectivity index (χ2n) is 7.58. The Morgan fingerprint density at radius 1 is 0.784 bits per heavy atom. The number of nitrogens with one attached hydrogen (secondary N) is 3. The van der Waals surface area contributed by atoms with Crippen molar-refractivity contribution in [1.29, 1.82) is 0 Å². The fourth-order valence-electron chi connectivity index (χ4n) is 3.46. The summed E-state index contributed by atoms with van der Waals surface area (Å²) in [5, 5.41) is 18.2. The summed E-state index contributed by atoms with van der Waals surface area (Å²) in [4.78, 5) is 28.7. The average molecular weight is 504 g/mol. The number of ether oxygens (including phenoxy) is 4. The summed E-state index contributed by atoms with van der Waals surface area (Å²) in [7, 11) is 4.57. The Balaban J connectivity index is 1.43. The van der Waals surface area contributed by atoms with Crippen molar-refractivity contribution in [2.24, 2.45) is 0 Å². The van der Waals surface area contributed by atoms with Crippen molar-refractivity contribution in [3.05, 3.63) is 66.9 Å². The van der Waals surface area contributed by atoms with Crippen molar-refractivity contribution < 1.29 is 33.6 Å². The number of carbonyl (C=O) groups is 2. The third-order valence-electron chi connectivity index (χ3n) is 5.21. The maximum Gasteiger partial charge on any atom is 0.327 e. The van der Waals surface area contributed by atoms with Crippen LogP contribution in [0.5, 0.6) is 34.5 Å². The van der Waals surface area contributed by atoms with E-state index in [0.29, 0.717) is 45.3 Å². The number of carbonyl (C=O) groups excluding carboxylic acids is 2. The van der Waals surface area contributed by atoms with Crippen molar-refractivity contribution in [1.82, 2.24) is 10.3 Å². The van der Waals surface area contributed by atoms with Crippen molar-refractivity contribution >= 4 is 34.3 Å². The van der Waals surface area contributed by atoms with Gasteiger partial charge >= 0.3 is 12.1 Å². The van der Waals surface area contributed by atoms with Crippen LogP contribution in [0, 0.1) is 0 Å². The average Bonchev–Trinajstić information content (AvgIpc) is 2.89. The Morgan fingerprint density at radius 3 is 2.27 bits per heavy atom. The lowest BCUT2D eigenvalue weighted by Crippen LogP contribution is -2.37. The molecule has 11 heteroatoms. The minimum atomic E-state index is -0.842. The zero-order valence-electron chi connectivity index (χ0n) is 20.2. The highest BCUT2D eigenvalue weighted by molar-refractivity contribution is 6.05. The molecule has 0 saturated heterocycles. The van der Waals surface area contributed by atoms with E-state index in [9.17, 15) is 14.7 Å². The van der Waals surface area contributed by atoms with Crippen LogP contribution < -0.4 is 34.9 Å². The monoisotopic (exact) mass is 504 g/mol. The van der Waals surface area contributed by atoms with Gasteiger partial charge in [0.05, 0.1) is 32.5 Å². The molecule has 0 aliphatic carbocycles. The van der Waals surface area contributed by atoms with Gasteiger partial charge in [-0.05, 0) is 36.4 Å². The van der Waals surface area contributed by atoms with Gasteiger partial charge in [-0.1, -0.05) is 6.07 Å². The van der Waals surface area contributed by atoms with E-state index in [-0.39, 0.29) is 11.4 Å². The molecule has 11 nitrogen and oxygen atoms in total. The Morgan fingerprint density at radius 2 is 1.54 bits per heavy atom. The predicted molar refractivity (Wildman–Crippen MR) is 137 cm³/mol. The molecule has 1 heterocycles. The van der Waals surface area contributed by atoms with E-state index in [4.69, 9.17) is 18.9 Å². The number of benzene rings is 3. The molecule has 0 fully saturated rings. The van der Waals surface area contributed by atoms with Gasteiger partial charge in [-0.2, -0.15) is 0 Å². The highest BCUT2D eigenvalue weighted by atomic mass is 16.5. The normalized spacial score (nSPS) is 10.4. The van der Waals surface area contributed by atoms with Crippen molar-refractivity contribution in [2.75, 3.05) is 32.0 Å². The lowest BCUT2D eigenvalue weighted by Gasteiger charge is -2.13. The number of methoxy groups -OCH3 is 3. The standard InChI is InChI=1S/C26H24N4O7/c1-34-16-6-4-5-15(11-16)28-25(32)30-26(33)29-19-8-7-17(12-21(19)31)37-22-9-10-27-20-14-24(36-3)23(35-2)13-18(20)22/h4-14,31H,1-3H3,(H3,28,29,30,32,33). The van der Waals surface area contributed by atoms with Gasteiger partial charge < -0.3 is 34.7 Å². The van der Waals surface area contributed by atoms with Crippen LogP contribution in [0.3, 0.4) is 0 Å². The van der Waals surface area contributed by atoms with Gasteiger partial charge in [0.1, 0.15) is 23.0 Å². The minimum absolute atomic E-state index is 0.0741. The Labute approximate surface area is 211 Å². The highest BCUT2D eigenvalue weighted by Crippen LogP contribution is 2.38. The lowest BCUT2D eigenvalue weighted by molar-refractivity contribution is 0.240. The number of aromatic hydroxyl groups is 1. The van der Waals surface area contributed by atoms with Crippen LogP contribution in [0.1, 0.15) is 0 Å². The molecule has 1 aromatic heterocycles. The zero-order chi connectivity index (χ0) is 26.4. The number of hydrogen-bond acceptors (Lipinski definition) is 8. The Hall–Kier alpha value is -5.19. The van der Waals surface area contributed by atoms with E-state index in [1.54, 1.807) is 54.7 Å². The first-order valence-electron chi connectivity index (χ1n) is 10.9. The van der Waals surface area contributed by atoms with E-state index in [1.165, 1.54) is 33.5 Å². The van der Waals surface area contributed by atoms with Gasteiger partial charge in [-0.3, -0.25) is 10.3 Å². The number of nitrogens with zero attached hydrogens (tertiary/aromatic N) is 1. The number of urea groups is 2. The SMILES string of the molecule is COc1cccc(NC(=O)NC(=O)Nc2ccc(Oc3ccnc4cc(OC)c(OC)cc34)cc2O)c1. The number of hydrogen-bond donors (Lipinski definition) is 4. The molecule has 4 N–H and O–H groups in total. The molecule has 0 bridgehead atoms. The Kier molecular flexibility index (Phi) is 7.43. The summed E-state index contributed by atoms with van der Waals surface area (Å²) in [6.07, 6.45) is 1.58. The van der Waals surface area contributed by atoms with Crippen LogP contribution in [0.15, 0.2) is 66.9 Å². The molecular weight excluding hydrogens is 480 g/mol. The maximum atomic E-state index is 12.2. The van der Waals surface area contributed by atoms with E-state index in [0.717, 1.165) is 0 Å². The van der Waals surface area contributed by atoms with E-state index in [1.807, 2.05) is 0 Å². The number of aromatic nitrogens is 1. The van der Waals surface area contributed by atoms with Gasteiger partial charge in [0.2, 0.25) is 0 Å². The van der Waals surface area contributed by atoms with Gasteiger partial charge in [-0.25, -0.2) is 9.59 Å². The minimum Gasteiger partial charge on any atom is -0.506 e. The van der Waals surface area contributed by atoms with Gasteiger partial charge in [-0.15, -0.1) is 0 Å². The molecule has 0 spiro atoms. The van der Waals surface area contributed by atoms with Gasteiger partial charge in [0, 0.05) is 35.5 Å². The largest absolute Gasteiger partial charge is 0.506 e. The molecule has 0 saturated carbocycles. The second kappa shape index (κ2) is 11.0. The fraction of sp³-hybridized carbons (Fsp3) is 0.115. The van der Waals surface area contributed by atoms with Crippen LogP contribution in [-0.4, -0.2) is 43.5 Å². The number of fused-ring (bicyclic) bond motifs is 1. The molecule has 4 rings (SSSR count). The topological polar surface area (TPSA) is 140 Å². The molecule has 0 atom stereocenters. The predicted octanol–water partition coefficient (Wildman–Crippen LogP) is 5.11. The first-order valence-corrected chi connectivity index (χ1v) is 10.9. The van der Waals surface area contributed by atoms with Crippen LogP contribution in [0.25, 0.3) is 10.9 Å². The number of anilines is 2. The molecule has 0 radical (unpaired) electrons. The summed E-state index contributed by atoms with van der Waals surface area (Å²) < 4.78 is 21.7. The summed E-state index contributed by atoms with van der Waals surface area (Å²) in [6, 6.07) is 14.5. The first kappa shape index (κ1) is 24.9. The molecule has 0 aliphatic heterocycles. The van der Waals surface area contributed by atoms with E-state index in [2.05, 4.69) is 20.9 Å². The van der Waals surface area contributed by atoms with Crippen LogP contribution >= 0.6 is 0 Å². The van der Waals surface area contributed by atoms with Crippen LogP contribution in [-0.2, 0) is 0 Å². The third kappa shape index (κ3) is 5.90. The molecule has 3 aromatic carbocycles. The molecule has 37 heavy (non-hydrogen) atoms.